The van der Waals surface area contributed by atoms with Gasteiger partial charge in [0.05, 0.1) is 25.1 Å². The topological polar surface area (TPSA) is 202 Å². The third-order valence-corrected chi connectivity index (χ3v) is 2.96. The summed E-state index contributed by atoms with van der Waals surface area (Å²) >= 11 is 0. The number of aliphatic hydroxyl groups excluding tert-OH is 4. The number of hydrogen-bond donors (Lipinski definition) is 8. The van der Waals surface area contributed by atoms with E-state index in [1.165, 1.54) is 0 Å². The predicted octanol–water partition coefficient (Wildman–Crippen LogP) is -4.52. The minimum absolute atomic E-state index is 0.373. The lowest BCUT2D eigenvalue weighted by atomic mass is 10.0. The van der Waals surface area contributed by atoms with Crippen LogP contribution in [-0.4, -0.2) is 86.9 Å². The second-order valence-corrected chi connectivity index (χ2v) is 4.99. The number of aliphatic carboxylic acids is 1. The van der Waals surface area contributed by atoms with Gasteiger partial charge in [0.1, 0.15) is 18.3 Å². The molecule has 0 aromatic heterocycles. The van der Waals surface area contributed by atoms with Crippen LogP contribution in [0, 0.1) is 0 Å². The minimum atomic E-state index is -1.78. The van der Waals surface area contributed by atoms with Gasteiger partial charge in [-0.1, -0.05) is 0 Å². The summed E-state index contributed by atoms with van der Waals surface area (Å²) in [6, 6.07) is -2.51. The average molecular weight is 337 g/mol. The highest BCUT2D eigenvalue weighted by molar-refractivity contribution is 5.85. The fourth-order valence-electron chi connectivity index (χ4n) is 1.71. The predicted molar refractivity (Wildman–Crippen MR) is 75.9 cm³/mol. The van der Waals surface area contributed by atoms with E-state index in [-0.39, 0.29) is 6.54 Å². The van der Waals surface area contributed by atoms with Gasteiger partial charge < -0.3 is 41.9 Å². The van der Waals surface area contributed by atoms with E-state index in [0.29, 0.717) is 0 Å². The maximum absolute atomic E-state index is 11.6. The zero-order valence-electron chi connectivity index (χ0n) is 12.5. The van der Waals surface area contributed by atoms with Crippen LogP contribution in [0.25, 0.3) is 0 Å². The van der Waals surface area contributed by atoms with Gasteiger partial charge in [-0.15, -0.1) is 0 Å². The van der Waals surface area contributed by atoms with E-state index in [2.05, 4.69) is 10.6 Å². The van der Waals surface area contributed by atoms with E-state index in [1.807, 2.05) is 0 Å². The summed E-state index contributed by atoms with van der Waals surface area (Å²) < 4.78 is 0. The molecule has 0 aromatic carbocycles. The first-order valence-corrected chi connectivity index (χ1v) is 6.77. The Morgan fingerprint density at radius 3 is 2.13 bits per heavy atom. The molecule has 23 heavy (non-hydrogen) atoms. The van der Waals surface area contributed by atoms with Crippen molar-refractivity contribution in [1.29, 1.82) is 0 Å². The molecule has 0 aliphatic carbocycles. The number of carboxylic acid groups (broad SMARTS) is 1. The van der Waals surface area contributed by atoms with Crippen LogP contribution >= 0.6 is 0 Å². The van der Waals surface area contributed by atoms with Crippen LogP contribution in [0.15, 0.2) is 0 Å². The highest BCUT2D eigenvalue weighted by Crippen LogP contribution is 2.05. The van der Waals surface area contributed by atoms with Crippen molar-refractivity contribution in [3.63, 3.8) is 0 Å². The molecule has 5 atom stereocenters. The van der Waals surface area contributed by atoms with E-state index in [0.717, 1.165) is 6.92 Å². The molecule has 0 spiro atoms. The zero-order valence-corrected chi connectivity index (χ0v) is 12.5. The van der Waals surface area contributed by atoms with Crippen LogP contribution in [0.4, 0.5) is 0 Å². The highest BCUT2D eigenvalue weighted by atomic mass is 16.4. The van der Waals surface area contributed by atoms with Crippen LogP contribution < -0.4 is 16.4 Å². The van der Waals surface area contributed by atoms with Gasteiger partial charge in [-0.05, 0) is 0 Å². The number of aliphatic hydroxyl groups is 4. The van der Waals surface area contributed by atoms with Gasteiger partial charge >= 0.3 is 5.97 Å². The first-order chi connectivity index (χ1) is 10.6. The van der Waals surface area contributed by atoms with Crippen LogP contribution in [0.5, 0.6) is 0 Å². The fourth-order valence-corrected chi connectivity index (χ4v) is 1.71. The van der Waals surface area contributed by atoms with Crippen molar-refractivity contribution in [2.75, 3.05) is 13.2 Å². The summed E-state index contributed by atoms with van der Waals surface area (Å²) in [7, 11) is 0. The zero-order chi connectivity index (χ0) is 18.2. The first kappa shape index (κ1) is 21.2. The molecule has 0 aromatic rings. The number of hydrogen-bond acceptors (Lipinski definition) is 8. The number of rotatable bonds is 10. The van der Waals surface area contributed by atoms with Gasteiger partial charge in [0.2, 0.25) is 11.8 Å². The molecule has 2 amide bonds. The van der Waals surface area contributed by atoms with Gasteiger partial charge in [-0.3, -0.25) is 14.4 Å². The van der Waals surface area contributed by atoms with E-state index >= 15 is 0 Å². The lowest BCUT2D eigenvalue weighted by Crippen LogP contribution is -2.57. The van der Waals surface area contributed by atoms with Crippen LogP contribution in [-0.2, 0) is 14.4 Å². The van der Waals surface area contributed by atoms with E-state index in [9.17, 15) is 29.7 Å². The molecule has 11 heteroatoms. The third kappa shape index (κ3) is 7.85. The molecular formula is C12H23N3O8. The summed E-state index contributed by atoms with van der Waals surface area (Å²) in [4.78, 5) is 33.2. The smallest absolute Gasteiger partial charge is 0.305 e. The quantitative estimate of drug-likeness (QED) is 0.193. The van der Waals surface area contributed by atoms with E-state index in [4.69, 9.17) is 15.9 Å². The van der Waals surface area contributed by atoms with E-state index < -0.39 is 61.2 Å². The summed E-state index contributed by atoms with van der Waals surface area (Å²) in [5, 5.41) is 50.6. The molecule has 0 saturated carbocycles. The van der Waals surface area contributed by atoms with Crippen molar-refractivity contribution in [1.82, 2.24) is 10.6 Å². The lowest BCUT2D eigenvalue weighted by Gasteiger charge is -2.29. The normalized spacial score (nSPS) is 17.5. The summed E-state index contributed by atoms with van der Waals surface area (Å²) in [6.07, 6.45) is -5.73. The van der Waals surface area contributed by atoms with Gasteiger partial charge in [-0.2, -0.15) is 0 Å². The Bertz CT molecular complexity index is 419. The minimum Gasteiger partial charge on any atom is -0.481 e. The first-order valence-electron chi connectivity index (χ1n) is 6.77. The second kappa shape index (κ2) is 10.1. The van der Waals surface area contributed by atoms with Gasteiger partial charge in [0.25, 0.3) is 0 Å². The Balaban J connectivity index is 4.76. The number of carbonyl (C=O) groups is 3. The van der Waals surface area contributed by atoms with E-state index in [1.54, 1.807) is 0 Å². The molecule has 0 aliphatic rings. The van der Waals surface area contributed by atoms with Crippen molar-refractivity contribution in [3.8, 4) is 0 Å². The molecular weight excluding hydrogens is 314 g/mol. The Kier molecular flexibility index (Phi) is 9.29. The lowest BCUT2D eigenvalue weighted by molar-refractivity contribution is -0.139. The molecule has 0 aliphatic heterocycles. The van der Waals surface area contributed by atoms with Crippen molar-refractivity contribution >= 4 is 17.8 Å². The number of carbonyl (C=O) groups excluding carboxylic acids is 2. The summed E-state index contributed by atoms with van der Waals surface area (Å²) in [5.74, 6) is -2.68. The molecule has 0 heterocycles. The van der Waals surface area contributed by atoms with Crippen molar-refractivity contribution in [2.45, 2.75) is 43.7 Å². The second-order valence-electron chi connectivity index (χ2n) is 4.99. The monoisotopic (exact) mass is 337 g/mol. The summed E-state index contributed by atoms with van der Waals surface area (Å²) in [5.41, 5.74) is 5.35. The van der Waals surface area contributed by atoms with Crippen LogP contribution in [0.1, 0.15) is 13.3 Å². The maximum Gasteiger partial charge on any atom is 0.305 e. The van der Waals surface area contributed by atoms with Gasteiger partial charge in [0.15, 0.2) is 0 Å². The van der Waals surface area contributed by atoms with Crippen molar-refractivity contribution in [3.05, 3.63) is 0 Å². The third-order valence-electron chi connectivity index (χ3n) is 2.96. The maximum atomic E-state index is 11.6. The van der Waals surface area contributed by atoms with Crippen LogP contribution in [0.2, 0.25) is 0 Å². The summed E-state index contributed by atoms with van der Waals surface area (Å²) in [6.45, 7) is -0.0600. The number of nitrogens with one attached hydrogen (secondary N) is 2. The average Bonchev–Trinajstić information content (AvgIpc) is 2.47. The largest absolute Gasteiger partial charge is 0.481 e. The molecule has 0 unspecified atom stereocenters. The molecule has 9 N–H and O–H groups in total. The Morgan fingerprint density at radius 1 is 1.13 bits per heavy atom. The molecule has 0 rings (SSSR count). The Labute approximate surface area is 132 Å². The molecule has 0 fully saturated rings. The Hall–Kier alpha value is -1.79. The van der Waals surface area contributed by atoms with Crippen molar-refractivity contribution < 1.29 is 39.9 Å². The molecule has 134 valence electrons. The Morgan fingerprint density at radius 2 is 1.70 bits per heavy atom. The van der Waals surface area contributed by atoms with Gasteiger partial charge in [0, 0.05) is 13.5 Å². The highest BCUT2D eigenvalue weighted by Gasteiger charge is 2.32. The van der Waals surface area contributed by atoms with Crippen LogP contribution in [0.3, 0.4) is 0 Å². The molecule has 0 saturated heterocycles. The molecule has 11 nitrogen and oxygen atoms in total. The SMILES string of the molecule is CC(=O)N[C@@H](CNC(=O)[C@@H](N)CC(=O)O)[C@@H](O)[C@H](O)[C@H](O)CO. The number of carboxylic acids is 1. The number of amides is 2. The fraction of sp³-hybridized carbons (Fsp3) is 0.750. The molecule has 0 bridgehead atoms. The van der Waals surface area contributed by atoms with Crippen molar-refractivity contribution in [2.24, 2.45) is 5.73 Å². The number of nitrogens with two attached hydrogens (primary N) is 1. The molecule has 0 radical (unpaired) electrons. The standard InChI is InChI=1S/C12H23N3O8/c1-5(17)15-7(10(21)11(22)8(18)4-16)3-14-12(23)6(13)2-9(19)20/h6-8,10-11,16,18,21-22H,2-4,13H2,1H3,(H,14,23)(H,15,17)(H,19,20)/t6-,7-,8+,10+,11+/m0/s1. The van der Waals surface area contributed by atoms with Gasteiger partial charge in [-0.25, -0.2) is 0 Å².